The fourth-order valence-electron chi connectivity index (χ4n) is 13.3. The Kier molecular flexibility index (Phi) is 8.77. The van der Waals surface area contributed by atoms with Crippen molar-refractivity contribution < 1.29 is 0 Å². The molecule has 8 aromatic carbocycles. The van der Waals surface area contributed by atoms with Crippen LogP contribution >= 0.6 is 46.2 Å². The maximum absolute atomic E-state index is 2.67. The van der Waals surface area contributed by atoms with Gasteiger partial charge in [-0.25, -0.2) is 0 Å². The Morgan fingerprint density at radius 1 is 0.314 bits per heavy atom. The topological polar surface area (TPSA) is 6.48 Å². The zero-order valence-corrected chi connectivity index (χ0v) is 44.4. The lowest BCUT2D eigenvalue weighted by molar-refractivity contribution is 0.646. The van der Waals surface area contributed by atoms with Gasteiger partial charge in [0.1, 0.15) is 26.1 Å². The maximum Gasteiger partial charge on any atom is 0.113 e. The highest BCUT2D eigenvalue weighted by Crippen LogP contribution is 2.68. The molecule has 0 N–H and O–H groups in total. The van der Waals surface area contributed by atoms with Gasteiger partial charge in [-0.15, -0.1) is 22.7 Å². The van der Waals surface area contributed by atoms with E-state index in [-0.39, 0.29) is 0 Å². The summed E-state index contributed by atoms with van der Waals surface area (Å²) in [4.78, 5) is 13.2. The molecule has 2 nitrogen and oxygen atoms in total. The second-order valence-corrected chi connectivity index (χ2v) is 33.2. The number of benzene rings is 8. The zero-order valence-electron chi connectivity index (χ0n) is 39.2. The zero-order chi connectivity index (χ0) is 46.7. The number of para-hydroxylation sites is 4. The number of nitrogens with zero attached hydrogens (tertiary/aromatic N) is 2. The Balaban J connectivity index is 1.15. The Morgan fingerprint density at radius 2 is 0.571 bits per heavy atom. The molecule has 10 aromatic rings. The van der Waals surface area contributed by atoms with Gasteiger partial charge in [0, 0.05) is 29.3 Å². The molecule has 4 aliphatic heterocycles. The Morgan fingerprint density at radius 3 is 0.871 bits per heavy atom. The van der Waals surface area contributed by atoms with Crippen LogP contribution in [0.3, 0.4) is 0 Å². The highest BCUT2D eigenvalue weighted by atomic mass is 32.2. The predicted molar refractivity (Wildman–Crippen MR) is 303 cm³/mol. The monoisotopic (exact) mass is 1000 g/mol. The first-order chi connectivity index (χ1) is 34.2. The third-order valence-corrected chi connectivity index (χ3v) is 28.1. The maximum atomic E-state index is 2.67. The van der Waals surface area contributed by atoms with Gasteiger partial charge in [0.2, 0.25) is 0 Å². The summed E-state index contributed by atoms with van der Waals surface area (Å²) >= 11 is 7.84. The smallest absolute Gasteiger partial charge is 0.113 e. The predicted octanol–water partition coefficient (Wildman–Crippen LogP) is 15.0. The van der Waals surface area contributed by atoms with E-state index in [4.69, 9.17) is 0 Å². The molecule has 0 bridgehead atoms. The summed E-state index contributed by atoms with van der Waals surface area (Å²) in [6, 6.07) is 80.1. The van der Waals surface area contributed by atoms with Crippen LogP contribution in [0.15, 0.2) is 226 Å². The molecular formula is C62H46N2S4Si2. The van der Waals surface area contributed by atoms with Crippen LogP contribution in [0, 0.1) is 0 Å². The highest BCUT2D eigenvalue weighted by molar-refractivity contribution is 8.00. The van der Waals surface area contributed by atoms with Crippen LogP contribution in [0.25, 0.3) is 0 Å². The number of thiophene rings is 2. The van der Waals surface area contributed by atoms with Crippen LogP contribution in [-0.2, 0) is 10.8 Å². The van der Waals surface area contributed by atoms with Crippen molar-refractivity contribution in [2.45, 2.75) is 56.6 Å². The van der Waals surface area contributed by atoms with Crippen LogP contribution in [-0.4, -0.2) is 16.1 Å². The largest absolute Gasteiger partial charge is 0.300 e. The fraction of sp³-hybridized carbons (Fsp3) is 0.0968. The SMILES string of the molecule is C[Si]1(C)c2ccccc2C2(c3ccccc31)c1cc(N3c4ccccc4Sc4ccccc43)sc1C1(c3ccccc3[Si](C)(C)c3ccccc31)c1cc(N3c4ccccc4Sc4ccccc43)sc12. The number of fused-ring (bicyclic) bond motifs is 18. The number of anilines is 6. The van der Waals surface area contributed by atoms with E-state index in [1.807, 2.05) is 46.2 Å². The lowest BCUT2D eigenvalue weighted by Crippen LogP contribution is -2.66. The molecule has 0 saturated heterocycles. The lowest BCUT2D eigenvalue weighted by atomic mass is 9.55. The van der Waals surface area contributed by atoms with Crippen molar-refractivity contribution in [2.24, 2.45) is 0 Å². The third-order valence-electron chi connectivity index (χ3n) is 16.3. The molecule has 5 aliphatic rings. The molecule has 15 rings (SSSR count). The van der Waals surface area contributed by atoms with Gasteiger partial charge >= 0.3 is 0 Å². The van der Waals surface area contributed by atoms with Gasteiger partial charge in [0.25, 0.3) is 0 Å². The van der Waals surface area contributed by atoms with Crippen molar-refractivity contribution in [1.29, 1.82) is 0 Å². The molecule has 0 radical (unpaired) electrons. The molecule has 0 unspecified atom stereocenters. The van der Waals surface area contributed by atoms with Crippen molar-refractivity contribution in [3.8, 4) is 0 Å². The first kappa shape index (κ1) is 41.7. The molecule has 1 aliphatic carbocycles. The average molecular weight is 1000 g/mol. The first-order valence-corrected chi connectivity index (χ1v) is 33.5. The summed E-state index contributed by atoms with van der Waals surface area (Å²) < 4.78 is 0. The van der Waals surface area contributed by atoms with Gasteiger partial charge in [-0.2, -0.15) is 0 Å². The van der Waals surface area contributed by atoms with Crippen molar-refractivity contribution in [2.75, 3.05) is 9.80 Å². The average Bonchev–Trinajstić information content (AvgIpc) is 4.05. The molecule has 336 valence electrons. The summed E-state index contributed by atoms with van der Waals surface area (Å²) in [6.07, 6.45) is 0. The minimum absolute atomic E-state index is 0.620. The second-order valence-electron chi connectivity index (χ2n) is 20.3. The molecule has 8 heteroatoms. The molecule has 2 aromatic heterocycles. The standard InChI is InChI=1S/C62H46N2S4Si2/c1-69(2)53-33-17-5-21-39(53)61(40-22-6-18-34-54(40)69)43-37-57(63-45-25-9-13-29-49(45)65-50-30-14-10-26-46(50)63)68-60(43)62(41-23-7-19-35-55(41)70(3,4)56-36-20-8-24-42(56)62)44-38-58(67-59(44)61)64-47-27-11-15-31-51(47)66-52-32-16-12-28-48(52)64/h5-38H,1-4H3. The van der Waals surface area contributed by atoms with E-state index in [2.05, 4.69) is 242 Å². The van der Waals surface area contributed by atoms with Gasteiger partial charge in [-0.3, -0.25) is 9.80 Å². The van der Waals surface area contributed by atoms with E-state index in [1.165, 1.54) is 116 Å². The summed E-state index contributed by atoms with van der Waals surface area (Å²) in [5, 5.41) is 8.61. The second kappa shape index (κ2) is 14.7. The minimum atomic E-state index is -2.22. The summed E-state index contributed by atoms with van der Waals surface area (Å²) in [6.45, 7) is 10.3. The Hall–Kier alpha value is -6.11. The number of hydrogen-bond acceptors (Lipinski definition) is 6. The van der Waals surface area contributed by atoms with Crippen LogP contribution in [0.4, 0.5) is 32.8 Å². The Bertz CT molecular complexity index is 3380. The lowest BCUT2D eigenvalue weighted by Gasteiger charge is -2.54. The molecule has 70 heavy (non-hydrogen) atoms. The molecule has 0 atom stereocenters. The van der Waals surface area contributed by atoms with Crippen molar-refractivity contribution in [1.82, 2.24) is 0 Å². The Labute approximate surface area is 428 Å². The van der Waals surface area contributed by atoms with Crippen LogP contribution in [0.2, 0.25) is 26.2 Å². The summed E-state index contributed by atoms with van der Waals surface area (Å²) in [5.41, 5.74) is 12.3. The molecule has 0 saturated carbocycles. The van der Waals surface area contributed by atoms with Gasteiger partial charge in [-0.1, -0.05) is 195 Å². The van der Waals surface area contributed by atoms with E-state index in [1.54, 1.807) is 0 Å². The van der Waals surface area contributed by atoms with Crippen LogP contribution in [0.1, 0.15) is 43.1 Å². The van der Waals surface area contributed by atoms with Gasteiger partial charge in [0.05, 0.1) is 33.6 Å². The molecule has 0 amide bonds. The van der Waals surface area contributed by atoms with E-state index in [0.29, 0.717) is 0 Å². The minimum Gasteiger partial charge on any atom is -0.300 e. The van der Waals surface area contributed by atoms with E-state index >= 15 is 0 Å². The van der Waals surface area contributed by atoms with Gasteiger partial charge in [-0.05, 0) is 115 Å². The van der Waals surface area contributed by atoms with Crippen molar-refractivity contribution in [3.63, 3.8) is 0 Å². The normalized spacial score (nSPS) is 17.1. The van der Waals surface area contributed by atoms with E-state index in [0.717, 1.165) is 0 Å². The van der Waals surface area contributed by atoms with Crippen molar-refractivity contribution in [3.05, 3.63) is 249 Å². The molecule has 0 fully saturated rings. The fourth-order valence-corrected chi connectivity index (χ4v) is 24.8. The highest BCUT2D eigenvalue weighted by Gasteiger charge is 2.63. The molecule has 6 heterocycles. The molecular weight excluding hydrogens is 957 g/mol. The van der Waals surface area contributed by atoms with Crippen LogP contribution in [0.5, 0.6) is 0 Å². The van der Waals surface area contributed by atoms with Crippen molar-refractivity contribution >= 4 is 116 Å². The van der Waals surface area contributed by atoms with Gasteiger partial charge in [0.15, 0.2) is 0 Å². The quantitative estimate of drug-likeness (QED) is 0.159. The number of hydrogen-bond donors (Lipinski definition) is 0. The molecule has 2 spiro atoms. The van der Waals surface area contributed by atoms with Crippen LogP contribution < -0.4 is 30.5 Å². The summed E-state index contributed by atoms with van der Waals surface area (Å²) in [7, 11) is -4.44. The first-order valence-electron chi connectivity index (χ1n) is 24.2. The third kappa shape index (κ3) is 5.21. The van der Waals surface area contributed by atoms with E-state index in [9.17, 15) is 0 Å². The van der Waals surface area contributed by atoms with E-state index < -0.39 is 27.0 Å². The number of rotatable bonds is 2. The van der Waals surface area contributed by atoms with Gasteiger partial charge < -0.3 is 0 Å². The summed E-state index contributed by atoms with van der Waals surface area (Å²) in [5.74, 6) is 0.